The summed E-state index contributed by atoms with van der Waals surface area (Å²) in [5.74, 6) is 0. The Morgan fingerprint density at radius 3 is 3.00 bits per heavy atom. The van der Waals surface area contributed by atoms with Gasteiger partial charge >= 0.3 is 0 Å². The minimum absolute atomic E-state index is 0.492. The quantitative estimate of drug-likeness (QED) is 0.725. The molecule has 2 aliphatic heterocycles. The highest BCUT2D eigenvalue weighted by atomic mass is 16.5. The van der Waals surface area contributed by atoms with Crippen molar-refractivity contribution in [2.45, 2.75) is 37.8 Å². The van der Waals surface area contributed by atoms with Crippen LogP contribution in [0.3, 0.4) is 0 Å². The van der Waals surface area contributed by atoms with Gasteiger partial charge in [0.25, 0.3) is 0 Å². The van der Waals surface area contributed by atoms with Gasteiger partial charge in [-0.2, -0.15) is 0 Å². The summed E-state index contributed by atoms with van der Waals surface area (Å²) in [6.07, 6.45) is 5.77. The second kappa shape index (κ2) is 5.10. The van der Waals surface area contributed by atoms with Gasteiger partial charge in [0.2, 0.25) is 0 Å². The molecule has 0 bridgehead atoms. The van der Waals surface area contributed by atoms with Crippen molar-refractivity contribution in [1.82, 2.24) is 10.2 Å². The van der Waals surface area contributed by atoms with Crippen LogP contribution < -0.4 is 5.32 Å². The maximum atomic E-state index is 5.36. The smallest absolute Gasteiger partial charge is 0.0710 e. The standard InChI is InChI=1S/C11H22N2O/c1-14-11-5-8-13(9-11)7-4-10-3-2-6-12-10/h10-12H,2-9H2,1H3. The number of ether oxygens (including phenoxy) is 1. The lowest BCUT2D eigenvalue weighted by Gasteiger charge is -2.18. The summed E-state index contributed by atoms with van der Waals surface area (Å²) in [6.45, 7) is 4.84. The molecule has 0 radical (unpaired) electrons. The third-order valence-corrected chi connectivity index (χ3v) is 3.52. The summed E-state index contributed by atoms with van der Waals surface area (Å²) in [6, 6.07) is 0.789. The van der Waals surface area contributed by atoms with Crippen molar-refractivity contribution in [3.05, 3.63) is 0 Å². The fourth-order valence-corrected chi connectivity index (χ4v) is 2.53. The molecule has 0 aromatic rings. The third-order valence-electron chi connectivity index (χ3n) is 3.52. The van der Waals surface area contributed by atoms with Gasteiger partial charge in [0.1, 0.15) is 0 Å². The van der Waals surface area contributed by atoms with Crippen LogP contribution in [0.5, 0.6) is 0 Å². The second-order valence-corrected chi connectivity index (χ2v) is 4.53. The van der Waals surface area contributed by atoms with Gasteiger partial charge in [0.15, 0.2) is 0 Å². The van der Waals surface area contributed by atoms with Gasteiger partial charge in [0, 0.05) is 26.2 Å². The summed E-state index contributed by atoms with van der Waals surface area (Å²) in [7, 11) is 1.83. The highest BCUT2D eigenvalue weighted by Crippen LogP contribution is 2.14. The summed E-state index contributed by atoms with van der Waals surface area (Å²) in [5, 5.41) is 3.55. The van der Waals surface area contributed by atoms with Crippen LogP contribution in [-0.2, 0) is 4.74 Å². The van der Waals surface area contributed by atoms with E-state index in [9.17, 15) is 0 Å². The highest BCUT2D eigenvalue weighted by molar-refractivity contribution is 4.79. The molecule has 2 heterocycles. The molecule has 0 aromatic carbocycles. The van der Waals surface area contributed by atoms with Crippen LogP contribution in [0, 0.1) is 0 Å². The predicted octanol–water partition coefficient (Wildman–Crippen LogP) is 0.849. The van der Waals surface area contributed by atoms with Crippen LogP contribution in [0.15, 0.2) is 0 Å². The monoisotopic (exact) mass is 198 g/mol. The molecule has 2 fully saturated rings. The Morgan fingerprint density at radius 2 is 2.36 bits per heavy atom. The van der Waals surface area contributed by atoms with Crippen molar-refractivity contribution in [2.75, 3.05) is 33.3 Å². The highest BCUT2D eigenvalue weighted by Gasteiger charge is 2.23. The average molecular weight is 198 g/mol. The molecule has 14 heavy (non-hydrogen) atoms. The molecule has 0 aliphatic carbocycles. The minimum atomic E-state index is 0.492. The molecule has 0 aromatic heterocycles. The van der Waals surface area contributed by atoms with Gasteiger partial charge in [-0.15, -0.1) is 0 Å². The van der Waals surface area contributed by atoms with Crippen molar-refractivity contribution in [3.63, 3.8) is 0 Å². The van der Waals surface area contributed by atoms with E-state index in [0.717, 1.165) is 12.6 Å². The van der Waals surface area contributed by atoms with Gasteiger partial charge in [-0.25, -0.2) is 0 Å². The van der Waals surface area contributed by atoms with E-state index in [1.54, 1.807) is 0 Å². The van der Waals surface area contributed by atoms with E-state index >= 15 is 0 Å². The van der Waals surface area contributed by atoms with E-state index < -0.39 is 0 Å². The van der Waals surface area contributed by atoms with Crippen molar-refractivity contribution in [1.29, 1.82) is 0 Å². The molecule has 2 aliphatic rings. The van der Waals surface area contributed by atoms with E-state index in [2.05, 4.69) is 10.2 Å². The first kappa shape index (κ1) is 10.4. The van der Waals surface area contributed by atoms with Crippen molar-refractivity contribution in [3.8, 4) is 0 Å². The lowest BCUT2D eigenvalue weighted by atomic mass is 10.1. The molecule has 3 nitrogen and oxygen atoms in total. The normalized spacial score (nSPS) is 34.1. The first-order valence-electron chi connectivity index (χ1n) is 5.87. The molecule has 2 unspecified atom stereocenters. The molecule has 2 saturated heterocycles. The fourth-order valence-electron chi connectivity index (χ4n) is 2.53. The van der Waals surface area contributed by atoms with Crippen LogP contribution in [-0.4, -0.2) is 50.3 Å². The Bertz CT molecular complexity index is 169. The Kier molecular flexibility index (Phi) is 3.79. The molecular formula is C11H22N2O. The van der Waals surface area contributed by atoms with E-state index in [0.29, 0.717) is 6.10 Å². The number of rotatable bonds is 4. The molecule has 2 atom stereocenters. The number of likely N-dealkylation sites (tertiary alicyclic amines) is 1. The third kappa shape index (κ3) is 2.69. The van der Waals surface area contributed by atoms with Gasteiger partial charge in [0.05, 0.1) is 6.10 Å². The van der Waals surface area contributed by atoms with Gasteiger partial charge in [-0.3, -0.25) is 0 Å². The summed E-state index contributed by atoms with van der Waals surface area (Å²) < 4.78 is 5.36. The Labute approximate surface area is 86.8 Å². The maximum absolute atomic E-state index is 5.36. The topological polar surface area (TPSA) is 24.5 Å². The van der Waals surface area contributed by atoms with Crippen LogP contribution in [0.4, 0.5) is 0 Å². The summed E-state index contributed by atoms with van der Waals surface area (Å²) >= 11 is 0. The van der Waals surface area contributed by atoms with E-state index in [1.165, 1.54) is 45.3 Å². The summed E-state index contributed by atoms with van der Waals surface area (Å²) in [4.78, 5) is 2.54. The van der Waals surface area contributed by atoms with Crippen LogP contribution in [0.1, 0.15) is 25.7 Å². The number of methoxy groups -OCH3 is 1. The van der Waals surface area contributed by atoms with Gasteiger partial charge in [-0.1, -0.05) is 0 Å². The minimum Gasteiger partial charge on any atom is -0.380 e. The predicted molar refractivity (Wildman–Crippen MR) is 57.5 cm³/mol. The molecule has 0 saturated carbocycles. The number of nitrogens with one attached hydrogen (secondary N) is 1. The van der Waals surface area contributed by atoms with Gasteiger partial charge in [-0.05, 0) is 38.8 Å². The lowest BCUT2D eigenvalue weighted by Crippen LogP contribution is -2.30. The lowest BCUT2D eigenvalue weighted by molar-refractivity contribution is 0.107. The van der Waals surface area contributed by atoms with Gasteiger partial charge < -0.3 is 15.0 Å². The zero-order valence-corrected chi connectivity index (χ0v) is 9.17. The molecule has 82 valence electrons. The average Bonchev–Trinajstić information content (AvgIpc) is 2.86. The fraction of sp³-hybridized carbons (Fsp3) is 1.00. The number of hydrogen-bond donors (Lipinski definition) is 1. The van der Waals surface area contributed by atoms with Crippen molar-refractivity contribution >= 4 is 0 Å². The molecule has 0 spiro atoms. The van der Waals surface area contributed by atoms with Crippen LogP contribution in [0.2, 0.25) is 0 Å². The second-order valence-electron chi connectivity index (χ2n) is 4.53. The Balaban J connectivity index is 1.61. The molecule has 0 amide bonds. The molecular weight excluding hydrogens is 176 g/mol. The summed E-state index contributed by atoms with van der Waals surface area (Å²) in [5.41, 5.74) is 0. The maximum Gasteiger partial charge on any atom is 0.0710 e. The van der Waals surface area contributed by atoms with E-state index in [1.807, 2.05) is 7.11 Å². The SMILES string of the molecule is COC1CCN(CCC2CCCN2)C1. The van der Waals surface area contributed by atoms with Crippen molar-refractivity contribution < 1.29 is 4.74 Å². The Hall–Kier alpha value is -0.120. The first-order valence-corrected chi connectivity index (χ1v) is 5.87. The van der Waals surface area contributed by atoms with E-state index in [-0.39, 0.29) is 0 Å². The number of nitrogens with zero attached hydrogens (tertiary/aromatic N) is 1. The van der Waals surface area contributed by atoms with E-state index in [4.69, 9.17) is 4.74 Å². The zero-order valence-electron chi connectivity index (χ0n) is 9.17. The largest absolute Gasteiger partial charge is 0.380 e. The van der Waals surface area contributed by atoms with Crippen LogP contribution >= 0.6 is 0 Å². The molecule has 2 rings (SSSR count). The first-order chi connectivity index (χ1) is 6.88. The molecule has 3 heteroatoms. The Morgan fingerprint density at radius 1 is 1.43 bits per heavy atom. The van der Waals surface area contributed by atoms with Crippen LogP contribution in [0.25, 0.3) is 0 Å². The number of hydrogen-bond acceptors (Lipinski definition) is 3. The van der Waals surface area contributed by atoms with Crippen molar-refractivity contribution in [2.24, 2.45) is 0 Å². The zero-order chi connectivity index (χ0) is 9.80. The molecule has 1 N–H and O–H groups in total.